The molecule has 0 amide bonds. The Morgan fingerprint density at radius 1 is 1.33 bits per heavy atom. The predicted molar refractivity (Wildman–Crippen MR) is 43.4 cm³/mol. The molecule has 2 N–H and O–H groups in total. The first kappa shape index (κ1) is 8.48. The molecule has 3 heteroatoms. The number of fused-ring (bicyclic) bond motifs is 1. The van der Waals surface area contributed by atoms with E-state index in [2.05, 4.69) is 0 Å². The van der Waals surface area contributed by atoms with Crippen LogP contribution in [0.4, 0.5) is 0 Å². The van der Waals surface area contributed by atoms with Crippen molar-refractivity contribution < 1.29 is 14.9 Å². The number of rotatable bonds is 0. The van der Waals surface area contributed by atoms with Gasteiger partial charge >= 0.3 is 0 Å². The van der Waals surface area contributed by atoms with Crippen molar-refractivity contribution in [2.45, 2.75) is 45.2 Å². The van der Waals surface area contributed by atoms with Crippen LogP contribution < -0.4 is 0 Å². The van der Waals surface area contributed by atoms with Crippen LogP contribution in [0, 0.1) is 11.3 Å². The topological polar surface area (TPSA) is 49.7 Å². The van der Waals surface area contributed by atoms with Crippen LogP contribution in [0.1, 0.15) is 26.7 Å². The van der Waals surface area contributed by atoms with Gasteiger partial charge in [-0.15, -0.1) is 0 Å². The minimum Gasteiger partial charge on any atom is -0.390 e. The molecule has 1 saturated heterocycles. The zero-order chi connectivity index (χ0) is 8.93. The maximum Gasteiger partial charge on any atom is 0.155 e. The summed E-state index contributed by atoms with van der Waals surface area (Å²) >= 11 is 0. The van der Waals surface area contributed by atoms with Gasteiger partial charge in [0, 0.05) is 6.42 Å². The van der Waals surface area contributed by atoms with E-state index < -0.39 is 12.4 Å². The van der Waals surface area contributed by atoms with E-state index in [9.17, 15) is 10.2 Å². The summed E-state index contributed by atoms with van der Waals surface area (Å²) in [6, 6.07) is 0. The third-order valence-electron chi connectivity index (χ3n) is 3.18. The highest BCUT2D eigenvalue weighted by atomic mass is 16.6. The molecule has 0 aromatic carbocycles. The van der Waals surface area contributed by atoms with Crippen LogP contribution in [0.5, 0.6) is 0 Å². The molecule has 1 saturated carbocycles. The number of hydrogen-bond donors (Lipinski definition) is 2. The van der Waals surface area contributed by atoms with Gasteiger partial charge < -0.3 is 14.9 Å². The lowest BCUT2D eigenvalue weighted by Gasteiger charge is -2.25. The number of aliphatic hydroxyl groups excluding tert-OH is 2. The highest BCUT2D eigenvalue weighted by Crippen LogP contribution is 2.48. The lowest BCUT2D eigenvalue weighted by molar-refractivity contribution is -0.131. The van der Waals surface area contributed by atoms with Gasteiger partial charge in [0.25, 0.3) is 0 Å². The van der Waals surface area contributed by atoms with Crippen molar-refractivity contribution in [2.24, 2.45) is 11.3 Å². The molecule has 0 bridgehead atoms. The van der Waals surface area contributed by atoms with E-state index in [0.29, 0.717) is 12.3 Å². The van der Waals surface area contributed by atoms with E-state index in [1.165, 1.54) is 0 Å². The summed E-state index contributed by atoms with van der Waals surface area (Å²) in [5, 5.41) is 19.0. The molecule has 0 aromatic heterocycles. The van der Waals surface area contributed by atoms with Gasteiger partial charge in [0.15, 0.2) is 6.29 Å². The average molecular weight is 172 g/mol. The quantitative estimate of drug-likeness (QED) is 0.559. The van der Waals surface area contributed by atoms with Crippen LogP contribution in [0.3, 0.4) is 0 Å². The van der Waals surface area contributed by atoms with E-state index >= 15 is 0 Å². The van der Waals surface area contributed by atoms with Crippen molar-refractivity contribution >= 4 is 0 Å². The fourth-order valence-electron chi connectivity index (χ4n) is 2.51. The molecule has 1 heterocycles. The van der Waals surface area contributed by atoms with E-state index in [-0.39, 0.29) is 11.5 Å². The second-order valence-corrected chi connectivity index (χ2v) is 4.69. The molecule has 4 unspecified atom stereocenters. The lowest BCUT2D eigenvalue weighted by atomic mass is 9.88. The standard InChI is InChI=1S/C9H16O3/c1-9(2)4-5-3-6(10)12-7(5)8(9)11/h5-8,10-11H,3-4H2,1-2H3. The fourth-order valence-corrected chi connectivity index (χ4v) is 2.51. The largest absolute Gasteiger partial charge is 0.390 e. The smallest absolute Gasteiger partial charge is 0.155 e. The average Bonchev–Trinajstić information content (AvgIpc) is 2.35. The van der Waals surface area contributed by atoms with E-state index in [1.807, 2.05) is 13.8 Å². The molecule has 70 valence electrons. The van der Waals surface area contributed by atoms with Crippen LogP contribution in [0.15, 0.2) is 0 Å². The summed E-state index contributed by atoms with van der Waals surface area (Å²) in [6.45, 7) is 4.09. The molecule has 0 aromatic rings. The van der Waals surface area contributed by atoms with Crippen LogP contribution >= 0.6 is 0 Å². The highest BCUT2D eigenvalue weighted by Gasteiger charge is 2.52. The summed E-state index contributed by atoms with van der Waals surface area (Å²) in [5.74, 6) is 0.352. The number of aliphatic hydroxyl groups is 2. The van der Waals surface area contributed by atoms with Gasteiger partial charge in [0.1, 0.15) is 0 Å². The van der Waals surface area contributed by atoms with Crippen molar-refractivity contribution in [2.75, 3.05) is 0 Å². The molecular weight excluding hydrogens is 156 g/mol. The maximum atomic E-state index is 9.81. The summed E-state index contributed by atoms with van der Waals surface area (Å²) in [5.41, 5.74) is -0.0462. The molecule has 2 fully saturated rings. The van der Waals surface area contributed by atoms with Gasteiger partial charge in [-0.1, -0.05) is 13.8 Å². The second-order valence-electron chi connectivity index (χ2n) is 4.69. The van der Waals surface area contributed by atoms with Gasteiger partial charge in [-0.3, -0.25) is 0 Å². The molecule has 4 atom stereocenters. The second kappa shape index (κ2) is 2.44. The molecule has 1 aliphatic heterocycles. The van der Waals surface area contributed by atoms with Crippen molar-refractivity contribution in [3.8, 4) is 0 Å². The molecule has 3 nitrogen and oxygen atoms in total. The third kappa shape index (κ3) is 1.08. The Hall–Kier alpha value is -0.120. The van der Waals surface area contributed by atoms with E-state index in [1.54, 1.807) is 0 Å². The van der Waals surface area contributed by atoms with Crippen molar-refractivity contribution in [3.63, 3.8) is 0 Å². The van der Waals surface area contributed by atoms with E-state index in [4.69, 9.17) is 4.74 Å². The van der Waals surface area contributed by atoms with Crippen molar-refractivity contribution in [1.82, 2.24) is 0 Å². The number of hydrogen-bond acceptors (Lipinski definition) is 3. The Balaban J connectivity index is 2.14. The Bertz CT molecular complexity index is 190. The zero-order valence-corrected chi connectivity index (χ0v) is 7.53. The molecule has 0 spiro atoms. The Labute approximate surface area is 72.3 Å². The fraction of sp³-hybridized carbons (Fsp3) is 1.00. The molecule has 1 aliphatic carbocycles. The predicted octanol–water partition coefficient (Wildman–Crippen LogP) is 0.501. The summed E-state index contributed by atoms with van der Waals surface area (Å²) in [7, 11) is 0. The molecule has 2 aliphatic rings. The lowest BCUT2D eigenvalue weighted by Crippen LogP contribution is -2.33. The molecule has 2 rings (SSSR count). The minimum absolute atomic E-state index is 0.0462. The summed E-state index contributed by atoms with van der Waals surface area (Å²) in [4.78, 5) is 0. The first-order valence-corrected chi connectivity index (χ1v) is 4.52. The highest BCUT2D eigenvalue weighted by molar-refractivity contribution is 5.00. The first-order valence-electron chi connectivity index (χ1n) is 4.52. The third-order valence-corrected chi connectivity index (χ3v) is 3.18. The van der Waals surface area contributed by atoms with Crippen LogP contribution in [0.2, 0.25) is 0 Å². The summed E-state index contributed by atoms with van der Waals surface area (Å²) < 4.78 is 5.24. The van der Waals surface area contributed by atoms with Crippen LogP contribution in [-0.2, 0) is 4.74 Å². The van der Waals surface area contributed by atoms with Gasteiger partial charge in [0.05, 0.1) is 12.2 Å². The van der Waals surface area contributed by atoms with Gasteiger partial charge in [-0.25, -0.2) is 0 Å². The van der Waals surface area contributed by atoms with Gasteiger partial charge in [-0.05, 0) is 17.8 Å². The van der Waals surface area contributed by atoms with Crippen molar-refractivity contribution in [3.05, 3.63) is 0 Å². The molecule has 0 radical (unpaired) electrons. The Kier molecular flexibility index (Phi) is 1.72. The number of ether oxygens (including phenoxy) is 1. The Morgan fingerprint density at radius 2 is 2.00 bits per heavy atom. The molecular formula is C9H16O3. The SMILES string of the molecule is CC1(C)CC2CC(O)OC2C1O. The molecule has 12 heavy (non-hydrogen) atoms. The first-order chi connectivity index (χ1) is 5.50. The van der Waals surface area contributed by atoms with Crippen molar-refractivity contribution in [1.29, 1.82) is 0 Å². The van der Waals surface area contributed by atoms with Gasteiger partial charge in [0.2, 0.25) is 0 Å². The van der Waals surface area contributed by atoms with Crippen LogP contribution in [0.25, 0.3) is 0 Å². The zero-order valence-electron chi connectivity index (χ0n) is 7.53. The maximum absolute atomic E-state index is 9.81. The van der Waals surface area contributed by atoms with E-state index in [0.717, 1.165) is 6.42 Å². The van der Waals surface area contributed by atoms with Crippen LogP contribution in [-0.4, -0.2) is 28.7 Å². The van der Waals surface area contributed by atoms with Gasteiger partial charge in [-0.2, -0.15) is 0 Å². The monoisotopic (exact) mass is 172 g/mol. The Morgan fingerprint density at radius 3 is 2.58 bits per heavy atom. The summed E-state index contributed by atoms with van der Waals surface area (Å²) in [6.07, 6.45) is 0.446. The normalized spacial score (nSPS) is 51.0. The minimum atomic E-state index is -0.647.